The third kappa shape index (κ3) is 3.65. The molecule has 1 aliphatic rings. The minimum atomic E-state index is 0.306. The summed E-state index contributed by atoms with van der Waals surface area (Å²) in [6.07, 6.45) is 3.09. The first-order chi connectivity index (χ1) is 9.90. The van der Waals surface area contributed by atoms with Crippen LogP contribution in [0.1, 0.15) is 30.1 Å². The van der Waals surface area contributed by atoms with E-state index in [2.05, 4.69) is 27.6 Å². The standard InChI is InChI=1S/C15H19N3O2/c1-2-4-12(5-3-1)10-14-17-15(20-18-14)11-19-13-6-8-16-9-7-13/h1-5,13,16H,6-11H2. The minimum absolute atomic E-state index is 0.306. The Bertz CT molecular complexity index is 521. The molecule has 1 aromatic heterocycles. The summed E-state index contributed by atoms with van der Waals surface area (Å²) in [6, 6.07) is 10.1. The maximum Gasteiger partial charge on any atom is 0.252 e. The van der Waals surface area contributed by atoms with Gasteiger partial charge in [-0.3, -0.25) is 0 Å². The van der Waals surface area contributed by atoms with Crippen LogP contribution in [0.3, 0.4) is 0 Å². The molecule has 0 spiro atoms. The second-order valence-corrected chi connectivity index (χ2v) is 5.03. The lowest BCUT2D eigenvalue weighted by Crippen LogP contribution is -2.32. The van der Waals surface area contributed by atoms with Crippen LogP contribution in [-0.2, 0) is 17.8 Å². The molecular weight excluding hydrogens is 254 g/mol. The summed E-state index contributed by atoms with van der Waals surface area (Å²) in [7, 11) is 0. The van der Waals surface area contributed by atoms with Gasteiger partial charge in [0.25, 0.3) is 5.89 Å². The Hall–Kier alpha value is -1.72. The van der Waals surface area contributed by atoms with E-state index in [0.717, 1.165) is 25.9 Å². The van der Waals surface area contributed by atoms with E-state index in [4.69, 9.17) is 9.26 Å². The zero-order valence-electron chi connectivity index (χ0n) is 11.4. The van der Waals surface area contributed by atoms with Gasteiger partial charge < -0.3 is 14.6 Å². The van der Waals surface area contributed by atoms with Crippen LogP contribution < -0.4 is 5.32 Å². The highest BCUT2D eigenvalue weighted by atomic mass is 16.5. The molecule has 0 radical (unpaired) electrons. The van der Waals surface area contributed by atoms with Gasteiger partial charge in [0.1, 0.15) is 6.61 Å². The molecule has 0 bridgehead atoms. The topological polar surface area (TPSA) is 60.2 Å². The fraction of sp³-hybridized carbons (Fsp3) is 0.467. The highest BCUT2D eigenvalue weighted by Gasteiger charge is 2.15. The van der Waals surface area contributed by atoms with Crippen LogP contribution in [0.4, 0.5) is 0 Å². The van der Waals surface area contributed by atoms with E-state index >= 15 is 0 Å². The Morgan fingerprint density at radius 2 is 2.00 bits per heavy atom. The third-order valence-corrected chi connectivity index (χ3v) is 3.44. The normalized spacial score (nSPS) is 16.4. The average molecular weight is 273 g/mol. The minimum Gasteiger partial charge on any atom is -0.368 e. The molecule has 0 unspecified atom stereocenters. The predicted molar refractivity (Wildman–Crippen MR) is 74.2 cm³/mol. The van der Waals surface area contributed by atoms with Crippen LogP contribution >= 0.6 is 0 Å². The van der Waals surface area contributed by atoms with Crippen molar-refractivity contribution in [3.8, 4) is 0 Å². The van der Waals surface area contributed by atoms with Gasteiger partial charge in [-0.1, -0.05) is 35.5 Å². The van der Waals surface area contributed by atoms with Crippen molar-refractivity contribution >= 4 is 0 Å². The summed E-state index contributed by atoms with van der Waals surface area (Å²) in [5.74, 6) is 1.27. The summed E-state index contributed by atoms with van der Waals surface area (Å²) >= 11 is 0. The molecule has 2 aromatic rings. The van der Waals surface area contributed by atoms with Gasteiger partial charge in [-0.05, 0) is 31.5 Å². The fourth-order valence-electron chi connectivity index (χ4n) is 2.35. The van der Waals surface area contributed by atoms with Gasteiger partial charge in [-0.15, -0.1) is 0 Å². The summed E-state index contributed by atoms with van der Waals surface area (Å²) in [6.45, 7) is 2.45. The molecule has 1 fully saturated rings. The van der Waals surface area contributed by atoms with E-state index in [-0.39, 0.29) is 0 Å². The number of rotatable bonds is 5. The first-order valence-electron chi connectivity index (χ1n) is 7.08. The molecule has 0 saturated carbocycles. The summed E-state index contributed by atoms with van der Waals surface area (Å²) in [4.78, 5) is 4.37. The lowest BCUT2D eigenvalue weighted by Gasteiger charge is -2.21. The van der Waals surface area contributed by atoms with Crippen LogP contribution in [-0.4, -0.2) is 29.3 Å². The van der Waals surface area contributed by atoms with E-state index in [1.54, 1.807) is 0 Å². The second kappa shape index (κ2) is 6.63. The van der Waals surface area contributed by atoms with Crippen molar-refractivity contribution in [3.63, 3.8) is 0 Å². The molecule has 1 aromatic carbocycles. The van der Waals surface area contributed by atoms with Gasteiger partial charge in [0.2, 0.25) is 0 Å². The molecule has 106 valence electrons. The fourth-order valence-corrected chi connectivity index (χ4v) is 2.35. The number of hydrogen-bond donors (Lipinski definition) is 1. The highest BCUT2D eigenvalue weighted by molar-refractivity contribution is 5.18. The van der Waals surface area contributed by atoms with Gasteiger partial charge in [-0.25, -0.2) is 0 Å². The highest BCUT2D eigenvalue weighted by Crippen LogP contribution is 2.11. The average Bonchev–Trinajstić information content (AvgIpc) is 2.95. The van der Waals surface area contributed by atoms with E-state index in [0.29, 0.717) is 30.8 Å². The van der Waals surface area contributed by atoms with Crippen molar-refractivity contribution in [2.75, 3.05) is 13.1 Å². The molecule has 5 heteroatoms. The van der Waals surface area contributed by atoms with Crippen LogP contribution in [0.2, 0.25) is 0 Å². The van der Waals surface area contributed by atoms with Gasteiger partial charge >= 0.3 is 0 Å². The third-order valence-electron chi connectivity index (χ3n) is 3.44. The number of nitrogens with zero attached hydrogens (tertiary/aromatic N) is 2. The maximum atomic E-state index is 5.80. The maximum absolute atomic E-state index is 5.80. The number of benzene rings is 1. The molecule has 0 aliphatic carbocycles. The molecule has 0 atom stereocenters. The Labute approximate surface area is 118 Å². The van der Waals surface area contributed by atoms with Crippen LogP contribution in [0.15, 0.2) is 34.9 Å². The number of hydrogen-bond acceptors (Lipinski definition) is 5. The molecule has 2 heterocycles. The number of aromatic nitrogens is 2. The summed E-state index contributed by atoms with van der Waals surface area (Å²) in [5, 5.41) is 7.31. The number of nitrogens with one attached hydrogen (secondary N) is 1. The van der Waals surface area contributed by atoms with E-state index in [9.17, 15) is 0 Å². The molecule has 20 heavy (non-hydrogen) atoms. The largest absolute Gasteiger partial charge is 0.368 e. The Morgan fingerprint density at radius 3 is 2.80 bits per heavy atom. The zero-order chi connectivity index (χ0) is 13.6. The first kappa shape index (κ1) is 13.3. The van der Waals surface area contributed by atoms with Crippen molar-refractivity contribution in [1.29, 1.82) is 0 Å². The molecule has 5 nitrogen and oxygen atoms in total. The van der Waals surface area contributed by atoms with Crippen molar-refractivity contribution in [2.24, 2.45) is 0 Å². The van der Waals surface area contributed by atoms with Crippen LogP contribution in [0, 0.1) is 0 Å². The van der Waals surface area contributed by atoms with Crippen LogP contribution in [0.25, 0.3) is 0 Å². The number of piperidine rings is 1. The molecule has 1 aliphatic heterocycles. The summed E-state index contributed by atoms with van der Waals surface area (Å²) < 4.78 is 11.0. The van der Waals surface area contributed by atoms with Gasteiger partial charge in [0.05, 0.1) is 6.10 Å². The van der Waals surface area contributed by atoms with E-state index < -0.39 is 0 Å². The van der Waals surface area contributed by atoms with Crippen molar-refractivity contribution < 1.29 is 9.26 Å². The Balaban J connectivity index is 1.51. The molecule has 3 rings (SSSR count). The monoisotopic (exact) mass is 273 g/mol. The quantitative estimate of drug-likeness (QED) is 0.902. The molecule has 1 N–H and O–H groups in total. The van der Waals surface area contributed by atoms with Crippen molar-refractivity contribution in [1.82, 2.24) is 15.5 Å². The Kier molecular flexibility index (Phi) is 4.40. The lowest BCUT2D eigenvalue weighted by molar-refractivity contribution is 0.00859. The summed E-state index contributed by atoms with van der Waals surface area (Å²) in [5.41, 5.74) is 1.18. The predicted octanol–water partition coefficient (Wildman–Crippen LogP) is 1.93. The molecule has 1 saturated heterocycles. The molecular formula is C15H19N3O2. The number of ether oxygens (including phenoxy) is 1. The van der Waals surface area contributed by atoms with E-state index in [1.165, 1.54) is 5.56 Å². The van der Waals surface area contributed by atoms with Gasteiger partial charge in [-0.2, -0.15) is 4.98 Å². The second-order valence-electron chi connectivity index (χ2n) is 5.03. The van der Waals surface area contributed by atoms with E-state index in [1.807, 2.05) is 18.2 Å². The first-order valence-corrected chi connectivity index (χ1v) is 7.08. The smallest absolute Gasteiger partial charge is 0.252 e. The molecule has 0 amide bonds. The van der Waals surface area contributed by atoms with Crippen LogP contribution in [0.5, 0.6) is 0 Å². The zero-order valence-corrected chi connectivity index (χ0v) is 11.4. The van der Waals surface area contributed by atoms with Crippen molar-refractivity contribution in [2.45, 2.75) is 32.0 Å². The van der Waals surface area contributed by atoms with Crippen molar-refractivity contribution in [3.05, 3.63) is 47.6 Å². The lowest BCUT2D eigenvalue weighted by atomic mass is 10.1. The Morgan fingerprint density at radius 1 is 1.20 bits per heavy atom. The SMILES string of the molecule is c1ccc(Cc2noc(COC3CCNCC3)n2)cc1. The van der Waals surface area contributed by atoms with Gasteiger partial charge in [0, 0.05) is 6.42 Å². The van der Waals surface area contributed by atoms with Gasteiger partial charge in [0.15, 0.2) is 5.82 Å².